The Kier molecular flexibility index (Phi) is 3.39. The van der Waals surface area contributed by atoms with Crippen molar-refractivity contribution in [2.24, 2.45) is 0 Å². The van der Waals surface area contributed by atoms with Crippen molar-refractivity contribution in [3.05, 3.63) is 23.6 Å². The molecule has 1 aliphatic heterocycles. The molecule has 3 nitrogen and oxygen atoms in total. The quantitative estimate of drug-likeness (QED) is 0.775. The van der Waals surface area contributed by atoms with Gasteiger partial charge in [-0.1, -0.05) is 0 Å². The first-order chi connectivity index (χ1) is 8.66. The molecule has 0 bridgehead atoms. The van der Waals surface area contributed by atoms with Crippen molar-refractivity contribution in [2.45, 2.75) is 45.3 Å². The number of halogens is 3. The Bertz CT molecular complexity index is 478. The van der Waals surface area contributed by atoms with Gasteiger partial charge in [-0.15, -0.1) is 0 Å². The fourth-order valence-corrected chi connectivity index (χ4v) is 1.82. The molecule has 19 heavy (non-hydrogen) atoms. The maximum Gasteiger partial charge on any atom is 0.515 e. The summed E-state index contributed by atoms with van der Waals surface area (Å²) in [5.74, 6) is -1.00. The molecule has 0 spiro atoms. The van der Waals surface area contributed by atoms with Gasteiger partial charge in [-0.3, -0.25) is 4.98 Å². The monoisotopic (exact) mass is 273 g/mol. The second kappa shape index (κ2) is 4.49. The molecule has 2 rings (SSSR count). The number of nitrogens with zero attached hydrogens (tertiary/aromatic N) is 1. The fraction of sp³-hybridized carbons (Fsp3) is 0.583. The molecule has 0 N–H and O–H groups in total. The zero-order valence-corrected chi connectivity index (χ0v) is 11.2. The number of aromatic nitrogens is 1. The van der Waals surface area contributed by atoms with E-state index >= 15 is 0 Å². The van der Waals surface area contributed by atoms with Crippen LogP contribution in [0.1, 0.15) is 39.7 Å². The largest absolute Gasteiger partial charge is 0.515 e. The molecule has 0 aromatic carbocycles. The van der Waals surface area contributed by atoms with E-state index in [1.807, 2.05) is 0 Å². The summed E-state index contributed by atoms with van der Waals surface area (Å²) >= 11 is 0. The smallest absolute Gasteiger partial charge is 0.398 e. The van der Waals surface area contributed by atoms with Crippen LogP contribution in [0.3, 0.4) is 0 Å². The number of hydrogen-bond acceptors (Lipinski definition) is 3. The van der Waals surface area contributed by atoms with Crippen LogP contribution in [0.2, 0.25) is 0 Å². The SMILES string of the molecule is CC1(C)OB(c2nccc(F)c2C(F)F)OC1(C)C. The first-order valence-electron chi connectivity index (χ1n) is 5.94. The molecular weight excluding hydrogens is 258 g/mol. The fourth-order valence-electron chi connectivity index (χ4n) is 1.82. The highest BCUT2D eigenvalue weighted by molar-refractivity contribution is 6.61. The van der Waals surface area contributed by atoms with E-state index in [1.165, 1.54) is 0 Å². The normalized spacial score (nSPS) is 21.2. The van der Waals surface area contributed by atoms with Crippen LogP contribution in [-0.2, 0) is 9.31 Å². The van der Waals surface area contributed by atoms with Crippen molar-refractivity contribution in [3.8, 4) is 0 Å². The highest BCUT2D eigenvalue weighted by Gasteiger charge is 2.53. The third-order valence-corrected chi connectivity index (χ3v) is 3.66. The van der Waals surface area contributed by atoms with Gasteiger partial charge >= 0.3 is 7.12 Å². The minimum absolute atomic E-state index is 0.200. The summed E-state index contributed by atoms with van der Waals surface area (Å²) in [4.78, 5) is 3.80. The van der Waals surface area contributed by atoms with E-state index in [2.05, 4.69) is 4.98 Å². The van der Waals surface area contributed by atoms with Crippen molar-refractivity contribution >= 4 is 12.7 Å². The molecule has 1 aromatic heterocycles. The molecule has 104 valence electrons. The Morgan fingerprint density at radius 2 is 1.68 bits per heavy atom. The third-order valence-electron chi connectivity index (χ3n) is 3.66. The maximum absolute atomic E-state index is 13.5. The van der Waals surface area contributed by atoms with Gasteiger partial charge in [-0.2, -0.15) is 0 Å². The summed E-state index contributed by atoms with van der Waals surface area (Å²) in [6.07, 6.45) is -1.84. The lowest BCUT2D eigenvalue weighted by molar-refractivity contribution is 0.00578. The minimum Gasteiger partial charge on any atom is -0.398 e. The zero-order chi connectivity index (χ0) is 14.4. The highest BCUT2D eigenvalue weighted by atomic mass is 19.3. The molecule has 0 aliphatic carbocycles. The highest BCUT2D eigenvalue weighted by Crippen LogP contribution is 2.37. The molecule has 1 aliphatic rings. The average Bonchev–Trinajstić information content (AvgIpc) is 2.47. The number of pyridine rings is 1. The van der Waals surface area contributed by atoms with Crippen LogP contribution < -0.4 is 5.59 Å². The predicted octanol–water partition coefficient (Wildman–Crippen LogP) is 2.46. The molecule has 1 aromatic rings. The van der Waals surface area contributed by atoms with Crippen LogP contribution in [-0.4, -0.2) is 23.3 Å². The van der Waals surface area contributed by atoms with Gasteiger partial charge in [0.25, 0.3) is 6.43 Å². The minimum atomic E-state index is -2.97. The van der Waals surface area contributed by atoms with E-state index in [0.717, 1.165) is 12.3 Å². The molecule has 2 heterocycles. The van der Waals surface area contributed by atoms with Gasteiger partial charge in [0, 0.05) is 6.20 Å². The van der Waals surface area contributed by atoms with Gasteiger partial charge in [0.2, 0.25) is 0 Å². The van der Waals surface area contributed by atoms with Crippen LogP contribution in [0.5, 0.6) is 0 Å². The van der Waals surface area contributed by atoms with Gasteiger partial charge in [-0.25, -0.2) is 13.2 Å². The van der Waals surface area contributed by atoms with E-state index in [4.69, 9.17) is 9.31 Å². The van der Waals surface area contributed by atoms with Crippen LogP contribution in [0.15, 0.2) is 12.3 Å². The number of hydrogen-bond donors (Lipinski definition) is 0. The van der Waals surface area contributed by atoms with Crippen LogP contribution in [0.25, 0.3) is 0 Å². The van der Waals surface area contributed by atoms with E-state index in [-0.39, 0.29) is 5.59 Å². The first-order valence-corrected chi connectivity index (χ1v) is 5.94. The van der Waals surface area contributed by atoms with Gasteiger partial charge in [-0.05, 0) is 33.8 Å². The molecule has 0 saturated carbocycles. The molecule has 1 fully saturated rings. The van der Waals surface area contributed by atoms with Gasteiger partial charge in [0.1, 0.15) is 5.82 Å². The second-order valence-corrected chi connectivity index (χ2v) is 5.48. The topological polar surface area (TPSA) is 31.4 Å². The average molecular weight is 273 g/mol. The second-order valence-electron chi connectivity index (χ2n) is 5.48. The third kappa shape index (κ3) is 2.37. The standard InChI is InChI=1S/C12H15BF3NO2/c1-11(2)12(3,4)19-13(18-11)9-8(10(15)16)7(14)5-6-17-9/h5-6,10H,1-4H3. The van der Waals surface area contributed by atoms with Crippen molar-refractivity contribution in [1.82, 2.24) is 4.98 Å². The molecular formula is C12H15BF3NO2. The molecule has 0 unspecified atom stereocenters. The lowest BCUT2D eigenvalue weighted by Gasteiger charge is -2.32. The zero-order valence-electron chi connectivity index (χ0n) is 11.2. The van der Waals surface area contributed by atoms with E-state index in [9.17, 15) is 13.2 Å². The molecule has 1 saturated heterocycles. The van der Waals surface area contributed by atoms with Crippen molar-refractivity contribution < 1.29 is 22.5 Å². The Labute approximate surface area is 110 Å². The van der Waals surface area contributed by atoms with Crippen LogP contribution in [0, 0.1) is 5.82 Å². The Hall–Kier alpha value is -1.08. The summed E-state index contributed by atoms with van der Waals surface area (Å²) < 4.78 is 50.6. The summed E-state index contributed by atoms with van der Waals surface area (Å²) in [5, 5.41) is 0. The van der Waals surface area contributed by atoms with E-state index < -0.39 is 36.1 Å². The van der Waals surface area contributed by atoms with Crippen molar-refractivity contribution in [2.75, 3.05) is 0 Å². The first kappa shape index (κ1) is 14.3. The summed E-state index contributed by atoms with van der Waals surface area (Å²) in [6, 6.07) is 0.899. The van der Waals surface area contributed by atoms with Gasteiger partial charge in [0.15, 0.2) is 0 Å². The van der Waals surface area contributed by atoms with Crippen molar-refractivity contribution in [1.29, 1.82) is 0 Å². The lowest BCUT2D eigenvalue weighted by atomic mass is 9.80. The summed E-state index contributed by atoms with van der Waals surface area (Å²) in [6.45, 7) is 7.14. The maximum atomic E-state index is 13.5. The Balaban J connectivity index is 2.43. The van der Waals surface area contributed by atoms with Gasteiger partial charge < -0.3 is 9.31 Å². The van der Waals surface area contributed by atoms with Crippen LogP contribution >= 0.6 is 0 Å². The summed E-state index contributed by atoms with van der Waals surface area (Å²) in [7, 11) is -1.09. The van der Waals surface area contributed by atoms with Crippen molar-refractivity contribution in [3.63, 3.8) is 0 Å². The Morgan fingerprint density at radius 3 is 2.16 bits per heavy atom. The number of rotatable bonds is 2. The van der Waals surface area contributed by atoms with Gasteiger partial charge in [0.05, 0.1) is 22.4 Å². The number of alkyl halides is 2. The molecule has 0 atom stereocenters. The summed E-state index contributed by atoms with van der Waals surface area (Å²) in [5.41, 5.74) is -2.34. The van der Waals surface area contributed by atoms with Crippen LogP contribution in [0.4, 0.5) is 13.2 Å². The molecule has 0 amide bonds. The predicted molar refractivity (Wildman–Crippen MR) is 64.9 cm³/mol. The molecule has 0 radical (unpaired) electrons. The van der Waals surface area contributed by atoms with E-state index in [1.54, 1.807) is 27.7 Å². The lowest BCUT2D eigenvalue weighted by Crippen LogP contribution is -2.41. The Morgan fingerprint density at radius 1 is 1.16 bits per heavy atom. The molecule has 7 heteroatoms. The van der Waals surface area contributed by atoms with E-state index in [0.29, 0.717) is 0 Å².